The summed E-state index contributed by atoms with van der Waals surface area (Å²) < 4.78 is 6.05. The number of allylic oxidation sites excluding steroid dienone is 2. The first-order valence-electron chi connectivity index (χ1n) is 11.2. The highest BCUT2D eigenvalue weighted by atomic mass is 16.5. The second-order valence-corrected chi connectivity index (χ2v) is 10.7. The van der Waals surface area contributed by atoms with Gasteiger partial charge in [-0.3, -0.25) is 0 Å². The summed E-state index contributed by atoms with van der Waals surface area (Å²) in [6.45, 7) is 9.22. The van der Waals surface area contributed by atoms with E-state index in [4.69, 9.17) is 4.74 Å². The number of hydrogen-bond acceptors (Lipinski definition) is 2. The van der Waals surface area contributed by atoms with Gasteiger partial charge in [-0.2, -0.15) is 0 Å². The van der Waals surface area contributed by atoms with Crippen molar-refractivity contribution < 1.29 is 9.84 Å². The fraction of sp³-hybridized carbons (Fsp3) is 0.917. The molecule has 0 amide bonds. The third kappa shape index (κ3) is 2.50. The van der Waals surface area contributed by atoms with Crippen molar-refractivity contribution in [2.24, 2.45) is 34.5 Å². The van der Waals surface area contributed by atoms with Crippen molar-refractivity contribution in [3.8, 4) is 0 Å². The Bertz CT molecular complexity index is 579. The van der Waals surface area contributed by atoms with Crippen LogP contribution in [-0.4, -0.2) is 23.9 Å². The molecule has 0 bridgehead atoms. The Labute approximate surface area is 160 Å². The highest BCUT2D eigenvalue weighted by Gasteiger charge is 2.63. The molecule has 1 N–H and O–H groups in total. The van der Waals surface area contributed by atoms with Gasteiger partial charge in [-0.25, -0.2) is 0 Å². The minimum Gasteiger partial charge on any atom is -0.390 e. The Morgan fingerprint density at radius 1 is 1.08 bits per heavy atom. The molecule has 4 rings (SSSR count). The lowest BCUT2D eigenvalue weighted by Crippen LogP contribution is -2.60. The maximum atomic E-state index is 10.8. The van der Waals surface area contributed by atoms with Crippen molar-refractivity contribution >= 4 is 0 Å². The van der Waals surface area contributed by atoms with Crippen LogP contribution in [0.3, 0.4) is 0 Å². The molecule has 0 heterocycles. The molecule has 0 aromatic rings. The average molecular weight is 361 g/mol. The van der Waals surface area contributed by atoms with Crippen LogP contribution in [0, 0.1) is 34.5 Å². The highest BCUT2D eigenvalue weighted by molar-refractivity contribution is 5.24. The molecule has 0 aromatic heterocycles. The summed E-state index contributed by atoms with van der Waals surface area (Å²) in [6, 6.07) is 0. The quantitative estimate of drug-likeness (QED) is 0.636. The lowest BCUT2D eigenvalue weighted by atomic mass is 9.42. The van der Waals surface area contributed by atoms with Crippen LogP contribution >= 0.6 is 0 Å². The first-order chi connectivity index (χ1) is 12.3. The van der Waals surface area contributed by atoms with E-state index in [0.29, 0.717) is 22.9 Å². The van der Waals surface area contributed by atoms with E-state index in [0.717, 1.165) is 37.0 Å². The molecule has 4 aliphatic rings. The fourth-order valence-corrected chi connectivity index (χ4v) is 8.50. The van der Waals surface area contributed by atoms with Gasteiger partial charge in [0.05, 0.1) is 11.7 Å². The average Bonchev–Trinajstić information content (AvgIpc) is 2.96. The minimum absolute atomic E-state index is 0.292. The van der Waals surface area contributed by atoms with Crippen molar-refractivity contribution in [3.63, 3.8) is 0 Å². The monoisotopic (exact) mass is 360 g/mol. The summed E-state index contributed by atoms with van der Waals surface area (Å²) in [6.07, 6.45) is 13.9. The number of rotatable bonds is 2. The first-order valence-corrected chi connectivity index (χ1v) is 11.2. The molecule has 4 saturated carbocycles. The van der Waals surface area contributed by atoms with Crippen LogP contribution in [0.4, 0.5) is 0 Å². The van der Waals surface area contributed by atoms with Crippen molar-refractivity contribution in [1.82, 2.24) is 0 Å². The van der Waals surface area contributed by atoms with Crippen LogP contribution in [0.2, 0.25) is 0 Å². The number of ether oxygens (including phenoxy) is 1. The van der Waals surface area contributed by atoms with Crippen LogP contribution < -0.4 is 0 Å². The first kappa shape index (κ1) is 19.0. The zero-order chi connectivity index (χ0) is 18.7. The molecule has 148 valence electrons. The van der Waals surface area contributed by atoms with Gasteiger partial charge in [-0.1, -0.05) is 18.6 Å². The largest absolute Gasteiger partial charge is 0.390 e. The molecule has 0 spiro atoms. The molecule has 8 atom stereocenters. The van der Waals surface area contributed by atoms with Gasteiger partial charge in [0.15, 0.2) is 0 Å². The number of methoxy groups -OCH3 is 1. The second-order valence-electron chi connectivity index (χ2n) is 10.7. The van der Waals surface area contributed by atoms with Gasteiger partial charge in [0, 0.05) is 12.5 Å². The van der Waals surface area contributed by atoms with Gasteiger partial charge in [-0.05, 0) is 108 Å². The Kier molecular flexibility index (Phi) is 4.63. The molecule has 0 unspecified atom stereocenters. The molecule has 0 radical (unpaired) electrons. The zero-order valence-corrected chi connectivity index (χ0v) is 17.7. The van der Waals surface area contributed by atoms with Crippen molar-refractivity contribution in [3.05, 3.63) is 11.6 Å². The summed E-state index contributed by atoms with van der Waals surface area (Å²) >= 11 is 0. The van der Waals surface area contributed by atoms with Gasteiger partial charge in [0.25, 0.3) is 0 Å². The molecular weight excluding hydrogens is 320 g/mol. The topological polar surface area (TPSA) is 29.5 Å². The van der Waals surface area contributed by atoms with Crippen molar-refractivity contribution in [2.75, 3.05) is 7.11 Å². The maximum absolute atomic E-state index is 10.8. The Morgan fingerprint density at radius 2 is 1.85 bits per heavy atom. The van der Waals surface area contributed by atoms with E-state index in [9.17, 15) is 5.11 Å². The van der Waals surface area contributed by atoms with Gasteiger partial charge in [0.1, 0.15) is 0 Å². The summed E-state index contributed by atoms with van der Waals surface area (Å²) in [4.78, 5) is 0. The fourth-order valence-electron chi connectivity index (χ4n) is 8.50. The number of hydrogen-bond donors (Lipinski definition) is 1. The van der Waals surface area contributed by atoms with Crippen LogP contribution in [0.15, 0.2) is 11.6 Å². The van der Waals surface area contributed by atoms with E-state index in [1.807, 2.05) is 7.11 Å². The van der Waals surface area contributed by atoms with E-state index < -0.39 is 5.60 Å². The lowest BCUT2D eigenvalue weighted by Gasteiger charge is -2.64. The predicted octanol–water partition coefficient (Wildman–Crippen LogP) is 5.74. The van der Waals surface area contributed by atoms with Crippen LogP contribution in [0.5, 0.6) is 0 Å². The number of aliphatic hydroxyl groups is 1. The van der Waals surface area contributed by atoms with Gasteiger partial charge >= 0.3 is 0 Å². The maximum Gasteiger partial charge on any atom is 0.0622 e. The van der Waals surface area contributed by atoms with Crippen LogP contribution in [0.25, 0.3) is 0 Å². The van der Waals surface area contributed by atoms with Crippen molar-refractivity contribution in [2.45, 2.75) is 97.2 Å². The molecular formula is C24H40O2. The second kappa shape index (κ2) is 6.34. The molecule has 4 fully saturated rings. The smallest absolute Gasteiger partial charge is 0.0622 e. The lowest BCUT2D eigenvalue weighted by molar-refractivity contribution is -0.194. The van der Waals surface area contributed by atoms with E-state index in [1.54, 1.807) is 5.57 Å². The van der Waals surface area contributed by atoms with E-state index >= 15 is 0 Å². The number of fused-ring (bicyclic) bond motifs is 5. The molecule has 0 aliphatic heterocycles. The van der Waals surface area contributed by atoms with Crippen molar-refractivity contribution in [1.29, 1.82) is 0 Å². The summed E-state index contributed by atoms with van der Waals surface area (Å²) in [5.74, 6) is 3.16. The molecule has 4 aliphatic carbocycles. The normalized spacial score (nSPS) is 53.7. The third-order valence-corrected chi connectivity index (χ3v) is 9.83. The van der Waals surface area contributed by atoms with Gasteiger partial charge in [0.2, 0.25) is 0 Å². The SMILES string of the molecule is C/C=C1/CC[C@H]2[C@@H]3CC[C@@H]4C[C@](C)(O)CC[C@]4([C@H](C)OC)[C@H]3CC[C@]12C. The summed E-state index contributed by atoms with van der Waals surface area (Å²) in [5, 5.41) is 10.8. The molecule has 26 heavy (non-hydrogen) atoms. The Morgan fingerprint density at radius 3 is 2.54 bits per heavy atom. The molecule has 0 saturated heterocycles. The Hall–Kier alpha value is -0.340. The van der Waals surface area contributed by atoms with Crippen LogP contribution in [0.1, 0.15) is 85.5 Å². The zero-order valence-electron chi connectivity index (χ0n) is 17.7. The molecule has 2 heteroatoms. The third-order valence-electron chi connectivity index (χ3n) is 9.83. The minimum atomic E-state index is -0.469. The van der Waals surface area contributed by atoms with Gasteiger partial charge < -0.3 is 9.84 Å². The Balaban J connectivity index is 1.70. The summed E-state index contributed by atoms with van der Waals surface area (Å²) in [5.41, 5.74) is 2.02. The van der Waals surface area contributed by atoms with E-state index in [2.05, 4.69) is 33.8 Å². The summed E-state index contributed by atoms with van der Waals surface area (Å²) in [7, 11) is 1.91. The highest BCUT2D eigenvalue weighted by Crippen LogP contribution is 2.69. The predicted molar refractivity (Wildman–Crippen MR) is 107 cm³/mol. The van der Waals surface area contributed by atoms with E-state index in [1.165, 1.54) is 38.5 Å². The van der Waals surface area contributed by atoms with Crippen LogP contribution in [-0.2, 0) is 4.74 Å². The standard InChI is InChI=1S/C24H40O2/c1-6-17-8-10-20-19-9-7-18-15-22(3,25)13-14-24(18,16(2)26-5)21(19)11-12-23(17,20)4/h6,16,18-21,25H,7-15H2,1-5H3/b17-6-/t16-,18+,19-,20-,21-,22+,23+,24+/m0/s1. The van der Waals surface area contributed by atoms with E-state index in [-0.39, 0.29) is 0 Å². The molecule has 2 nitrogen and oxygen atoms in total. The van der Waals surface area contributed by atoms with Gasteiger partial charge in [-0.15, -0.1) is 0 Å². The molecule has 0 aromatic carbocycles.